The Bertz CT molecular complexity index is 495. The SMILES string of the molecule is COc1ccc([C@@H]2C(C)=[N+]([O-])O[C@H]3CCC[C@H]32)cc1. The zero-order valence-electron chi connectivity index (χ0n) is 11.3. The first-order valence-corrected chi connectivity index (χ1v) is 6.82. The summed E-state index contributed by atoms with van der Waals surface area (Å²) in [5, 5.41) is 11.9. The molecule has 1 aromatic rings. The maximum Gasteiger partial charge on any atom is 0.226 e. The van der Waals surface area contributed by atoms with Crippen molar-refractivity contribution in [1.82, 2.24) is 0 Å². The van der Waals surface area contributed by atoms with E-state index in [1.807, 2.05) is 19.1 Å². The summed E-state index contributed by atoms with van der Waals surface area (Å²) < 4.78 is 5.19. The van der Waals surface area contributed by atoms with Gasteiger partial charge in [0.2, 0.25) is 5.71 Å². The van der Waals surface area contributed by atoms with Crippen molar-refractivity contribution in [1.29, 1.82) is 0 Å². The maximum atomic E-state index is 11.9. The second-order valence-electron chi connectivity index (χ2n) is 5.39. The van der Waals surface area contributed by atoms with E-state index in [1.165, 1.54) is 5.56 Å². The molecule has 1 aliphatic carbocycles. The van der Waals surface area contributed by atoms with Crippen LogP contribution in [0.1, 0.15) is 37.7 Å². The van der Waals surface area contributed by atoms with E-state index in [4.69, 9.17) is 9.57 Å². The van der Waals surface area contributed by atoms with Gasteiger partial charge < -0.3 is 9.57 Å². The normalized spacial score (nSPS) is 29.9. The predicted molar refractivity (Wildman–Crippen MR) is 72.3 cm³/mol. The molecule has 4 nitrogen and oxygen atoms in total. The molecule has 1 aromatic carbocycles. The van der Waals surface area contributed by atoms with Gasteiger partial charge in [0, 0.05) is 11.8 Å². The van der Waals surface area contributed by atoms with Gasteiger partial charge in [-0.2, -0.15) is 0 Å². The lowest BCUT2D eigenvalue weighted by Crippen LogP contribution is -2.39. The molecule has 0 aromatic heterocycles. The largest absolute Gasteiger partial charge is 0.497 e. The number of ether oxygens (including phenoxy) is 1. The molecule has 0 saturated heterocycles. The Kier molecular flexibility index (Phi) is 3.09. The standard InChI is InChI=1S/C15H19NO3/c1-10-15(11-6-8-12(18-2)9-7-11)13-4-3-5-14(13)19-16(10)17/h6-9,13-15H,3-5H2,1-2H3/t13-,14+,15+/m1/s1. The van der Waals surface area contributed by atoms with Crippen LogP contribution in [-0.4, -0.2) is 23.8 Å². The van der Waals surface area contributed by atoms with E-state index in [-0.39, 0.29) is 12.0 Å². The molecular formula is C15H19NO3. The molecular weight excluding hydrogens is 242 g/mol. The highest BCUT2D eigenvalue weighted by Gasteiger charge is 2.43. The fourth-order valence-corrected chi connectivity index (χ4v) is 3.40. The Morgan fingerprint density at radius 2 is 2.00 bits per heavy atom. The molecule has 19 heavy (non-hydrogen) atoms. The average molecular weight is 261 g/mol. The Morgan fingerprint density at radius 3 is 2.68 bits per heavy atom. The minimum Gasteiger partial charge on any atom is -0.497 e. The number of fused-ring (bicyclic) bond motifs is 1. The highest BCUT2D eigenvalue weighted by molar-refractivity contribution is 5.85. The van der Waals surface area contributed by atoms with Gasteiger partial charge >= 0.3 is 0 Å². The third-order valence-electron chi connectivity index (χ3n) is 4.38. The summed E-state index contributed by atoms with van der Waals surface area (Å²) in [5.74, 6) is 1.44. The molecule has 3 atom stereocenters. The summed E-state index contributed by atoms with van der Waals surface area (Å²) in [7, 11) is 1.66. The summed E-state index contributed by atoms with van der Waals surface area (Å²) in [6.07, 6.45) is 3.34. The van der Waals surface area contributed by atoms with Crippen molar-refractivity contribution in [3.8, 4) is 5.75 Å². The van der Waals surface area contributed by atoms with Crippen LogP contribution in [0.3, 0.4) is 0 Å². The van der Waals surface area contributed by atoms with Crippen molar-refractivity contribution < 1.29 is 14.5 Å². The molecule has 0 radical (unpaired) electrons. The lowest BCUT2D eigenvalue weighted by atomic mass is 9.80. The number of rotatable bonds is 2. The van der Waals surface area contributed by atoms with Crippen molar-refractivity contribution in [2.24, 2.45) is 5.92 Å². The van der Waals surface area contributed by atoms with Crippen LogP contribution in [0, 0.1) is 11.1 Å². The van der Waals surface area contributed by atoms with E-state index < -0.39 is 0 Å². The summed E-state index contributed by atoms with van der Waals surface area (Å²) in [4.78, 5) is 6.16. The number of nitrogens with zero attached hydrogens (tertiary/aromatic N) is 1. The van der Waals surface area contributed by atoms with Gasteiger partial charge in [0.05, 0.1) is 19.1 Å². The zero-order valence-corrected chi connectivity index (χ0v) is 11.3. The van der Waals surface area contributed by atoms with Gasteiger partial charge in [-0.05, 0) is 36.5 Å². The van der Waals surface area contributed by atoms with Crippen molar-refractivity contribution >= 4 is 5.71 Å². The molecule has 0 amide bonds. The minimum absolute atomic E-state index is 0.0771. The molecule has 4 heteroatoms. The van der Waals surface area contributed by atoms with Crippen LogP contribution in [-0.2, 0) is 4.84 Å². The van der Waals surface area contributed by atoms with Crippen LogP contribution in [0.2, 0.25) is 0 Å². The molecule has 0 unspecified atom stereocenters. The first-order chi connectivity index (χ1) is 9.20. The van der Waals surface area contributed by atoms with Crippen LogP contribution in [0.25, 0.3) is 0 Å². The second-order valence-corrected chi connectivity index (χ2v) is 5.39. The van der Waals surface area contributed by atoms with E-state index in [9.17, 15) is 5.21 Å². The molecule has 0 N–H and O–H groups in total. The third kappa shape index (κ3) is 2.05. The smallest absolute Gasteiger partial charge is 0.226 e. The van der Waals surface area contributed by atoms with E-state index in [0.717, 1.165) is 35.6 Å². The first-order valence-electron chi connectivity index (χ1n) is 6.82. The number of hydrogen-bond acceptors (Lipinski definition) is 3. The number of hydrogen-bond donors (Lipinski definition) is 0. The molecule has 1 saturated carbocycles. The van der Waals surface area contributed by atoms with E-state index >= 15 is 0 Å². The predicted octanol–water partition coefficient (Wildman–Crippen LogP) is 2.86. The monoisotopic (exact) mass is 261 g/mol. The number of benzene rings is 1. The molecule has 102 valence electrons. The van der Waals surface area contributed by atoms with Gasteiger partial charge in [-0.3, -0.25) is 5.21 Å². The average Bonchev–Trinajstić information content (AvgIpc) is 2.88. The number of methoxy groups -OCH3 is 1. The Labute approximate surface area is 113 Å². The van der Waals surface area contributed by atoms with Crippen LogP contribution in [0.4, 0.5) is 0 Å². The van der Waals surface area contributed by atoms with Gasteiger partial charge in [-0.25, -0.2) is 0 Å². The van der Waals surface area contributed by atoms with Crippen molar-refractivity contribution in [3.05, 3.63) is 35.0 Å². The van der Waals surface area contributed by atoms with Crippen LogP contribution < -0.4 is 4.74 Å². The van der Waals surface area contributed by atoms with Crippen LogP contribution >= 0.6 is 0 Å². The zero-order chi connectivity index (χ0) is 13.4. The third-order valence-corrected chi connectivity index (χ3v) is 4.38. The molecule has 3 rings (SSSR count). The van der Waals surface area contributed by atoms with Crippen molar-refractivity contribution in [2.45, 2.75) is 38.2 Å². The summed E-state index contributed by atoms with van der Waals surface area (Å²) in [6, 6.07) is 8.03. The highest BCUT2D eigenvalue weighted by atomic mass is 16.9. The van der Waals surface area contributed by atoms with Gasteiger partial charge in [0.1, 0.15) is 5.75 Å². The van der Waals surface area contributed by atoms with Crippen molar-refractivity contribution in [2.75, 3.05) is 7.11 Å². The summed E-state index contributed by atoms with van der Waals surface area (Å²) in [5.41, 5.74) is 1.94. The molecule has 1 heterocycles. The molecule has 1 aliphatic heterocycles. The second kappa shape index (κ2) is 4.76. The fourth-order valence-electron chi connectivity index (χ4n) is 3.40. The van der Waals surface area contributed by atoms with Crippen LogP contribution in [0.5, 0.6) is 5.75 Å². The Balaban J connectivity index is 1.97. The molecule has 0 bridgehead atoms. The van der Waals surface area contributed by atoms with Gasteiger partial charge in [0.25, 0.3) is 0 Å². The molecule has 0 spiro atoms. The highest BCUT2D eigenvalue weighted by Crippen LogP contribution is 2.42. The quantitative estimate of drug-likeness (QED) is 0.769. The minimum atomic E-state index is 0.0771. The van der Waals surface area contributed by atoms with E-state index in [0.29, 0.717) is 5.92 Å². The van der Waals surface area contributed by atoms with E-state index in [1.54, 1.807) is 7.11 Å². The molecule has 2 aliphatic rings. The fraction of sp³-hybridized carbons (Fsp3) is 0.533. The Morgan fingerprint density at radius 1 is 1.26 bits per heavy atom. The first kappa shape index (κ1) is 12.3. The van der Waals surface area contributed by atoms with Gasteiger partial charge in [-0.1, -0.05) is 18.6 Å². The van der Waals surface area contributed by atoms with Gasteiger partial charge in [0.15, 0.2) is 0 Å². The van der Waals surface area contributed by atoms with E-state index in [2.05, 4.69) is 12.1 Å². The van der Waals surface area contributed by atoms with Gasteiger partial charge in [-0.15, -0.1) is 0 Å². The van der Waals surface area contributed by atoms with Crippen LogP contribution in [0.15, 0.2) is 24.3 Å². The lowest BCUT2D eigenvalue weighted by Gasteiger charge is -2.33. The topological polar surface area (TPSA) is 44.5 Å². The summed E-state index contributed by atoms with van der Waals surface area (Å²) in [6.45, 7) is 1.87. The Hall–Kier alpha value is -1.71. The summed E-state index contributed by atoms with van der Waals surface area (Å²) >= 11 is 0. The maximum absolute atomic E-state index is 11.9. The van der Waals surface area contributed by atoms with Crippen molar-refractivity contribution in [3.63, 3.8) is 0 Å². The lowest BCUT2D eigenvalue weighted by molar-refractivity contribution is -0.761. The molecule has 1 fully saturated rings.